The van der Waals surface area contributed by atoms with Crippen molar-refractivity contribution in [3.8, 4) is 0 Å². The molecule has 190 valence electrons. The van der Waals surface area contributed by atoms with E-state index < -0.39 is 4.92 Å². The summed E-state index contributed by atoms with van der Waals surface area (Å²) in [5.74, 6) is -0.262. The summed E-state index contributed by atoms with van der Waals surface area (Å²) < 4.78 is 11.9. The lowest BCUT2D eigenvalue weighted by atomic mass is 10.0. The van der Waals surface area contributed by atoms with E-state index in [4.69, 9.17) is 9.47 Å². The van der Waals surface area contributed by atoms with Gasteiger partial charge in [-0.25, -0.2) is 0 Å². The third-order valence-corrected chi connectivity index (χ3v) is 7.42. The average Bonchev–Trinajstić information content (AvgIpc) is 2.89. The number of thioether (sulfide) groups is 1. The van der Waals surface area contributed by atoms with Crippen LogP contribution in [-0.4, -0.2) is 66.0 Å². The fourth-order valence-electron chi connectivity index (χ4n) is 4.38. The number of ether oxygens (including phenoxy) is 2. The van der Waals surface area contributed by atoms with E-state index in [0.717, 1.165) is 5.56 Å². The van der Waals surface area contributed by atoms with Crippen molar-refractivity contribution in [1.29, 1.82) is 0 Å². The van der Waals surface area contributed by atoms with E-state index in [9.17, 15) is 19.7 Å². The van der Waals surface area contributed by atoms with Gasteiger partial charge in [0.1, 0.15) is 5.44 Å². The number of hydrogen-bond donors (Lipinski definition) is 1. The molecule has 9 nitrogen and oxygen atoms in total. The number of carbonyl (C=O) groups is 2. The fourth-order valence-corrected chi connectivity index (χ4v) is 5.44. The highest BCUT2D eigenvalue weighted by Gasteiger charge is 2.29. The molecule has 2 amide bonds. The SMILES string of the molecule is C=C(C(=O)N1CCC(NC=O)CC1)c1ccc(SC2COCC(Cc3ccccc3)O2)c([N+](=O)[O-])c1. The summed E-state index contributed by atoms with van der Waals surface area (Å²) in [6.07, 6.45) is 2.54. The molecule has 2 fully saturated rings. The van der Waals surface area contributed by atoms with E-state index in [1.165, 1.54) is 17.8 Å². The Hall–Kier alpha value is -3.21. The van der Waals surface area contributed by atoms with E-state index >= 15 is 0 Å². The molecule has 0 aliphatic carbocycles. The molecule has 0 aromatic heterocycles. The molecule has 0 bridgehead atoms. The Morgan fingerprint density at radius 3 is 2.64 bits per heavy atom. The zero-order valence-corrected chi connectivity index (χ0v) is 20.7. The summed E-state index contributed by atoms with van der Waals surface area (Å²) in [5, 5.41) is 14.6. The summed E-state index contributed by atoms with van der Waals surface area (Å²) in [5.41, 5.74) is 1.26. The molecule has 36 heavy (non-hydrogen) atoms. The first kappa shape index (κ1) is 25.9. The molecule has 10 heteroatoms. The lowest BCUT2D eigenvalue weighted by Crippen LogP contribution is -2.44. The maximum atomic E-state index is 13.0. The predicted octanol–water partition coefficient (Wildman–Crippen LogP) is 3.42. The molecule has 1 N–H and O–H groups in total. The van der Waals surface area contributed by atoms with E-state index in [1.807, 2.05) is 30.3 Å². The molecule has 2 aliphatic rings. The number of nitro groups is 1. The fraction of sp³-hybridized carbons (Fsp3) is 0.385. The van der Waals surface area contributed by atoms with Crippen molar-refractivity contribution >= 4 is 35.3 Å². The van der Waals surface area contributed by atoms with Crippen LogP contribution in [0.3, 0.4) is 0 Å². The average molecular weight is 512 g/mol. The maximum absolute atomic E-state index is 13.0. The van der Waals surface area contributed by atoms with Crippen molar-refractivity contribution in [1.82, 2.24) is 10.2 Å². The largest absolute Gasteiger partial charge is 0.375 e. The Kier molecular flexibility index (Phi) is 8.74. The number of amides is 2. The highest BCUT2D eigenvalue weighted by molar-refractivity contribution is 8.00. The van der Waals surface area contributed by atoms with Gasteiger partial charge in [-0.15, -0.1) is 0 Å². The second-order valence-electron chi connectivity index (χ2n) is 8.80. The third kappa shape index (κ3) is 6.51. The van der Waals surface area contributed by atoms with Gasteiger partial charge in [0.15, 0.2) is 0 Å². The van der Waals surface area contributed by atoms with Gasteiger partial charge in [0.25, 0.3) is 11.6 Å². The van der Waals surface area contributed by atoms with Gasteiger partial charge >= 0.3 is 0 Å². The summed E-state index contributed by atoms with van der Waals surface area (Å²) >= 11 is 1.25. The smallest absolute Gasteiger partial charge is 0.283 e. The molecular weight excluding hydrogens is 482 g/mol. The Bertz CT molecular complexity index is 1100. The van der Waals surface area contributed by atoms with Crippen molar-refractivity contribution in [2.75, 3.05) is 26.3 Å². The molecule has 2 atom stereocenters. The van der Waals surface area contributed by atoms with E-state index in [1.54, 1.807) is 17.0 Å². The molecule has 2 unspecified atom stereocenters. The van der Waals surface area contributed by atoms with Gasteiger partial charge in [0.05, 0.1) is 29.1 Å². The summed E-state index contributed by atoms with van der Waals surface area (Å²) in [6.45, 7) is 5.69. The van der Waals surface area contributed by atoms with Gasteiger partial charge in [0, 0.05) is 37.2 Å². The number of nitrogens with one attached hydrogen (secondary N) is 1. The van der Waals surface area contributed by atoms with Crippen LogP contribution < -0.4 is 5.32 Å². The number of benzene rings is 2. The highest BCUT2D eigenvalue weighted by atomic mass is 32.2. The monoisotopic (exact) mass is 511 g/mol. The molecule has 2 aliphatic heterocycles. The predicted molar refractivity (Wildman–Crippen MR) is 136 cm³/mol. The van der Waals surface area contributed by atoms with Gasteiger partial charge in [0.2, 0.25) is 6.41 Å². The van der Waals surface area contributed by atoms with Crippen LogP contribution in [0.25, 0.3) is 5.57 Å². The van der Waals surface area contributed by atoms with Crippen molar-refractivity contribution < 1.29 is 24.0 Å². The van der Waals surface area contributed by atoms with Crippen LogP contribution in [0.5, 0.6) is 0 Å². The van der Waals surface area contributed by atoms with Crippen LogP contribution in [-0.2, 0) is 25.5 Å². The van der Waals surface area contributed by atoms with Crippen molar-refractivity contribution in [3.63, 3.8) is 0 Å². The zero-order chi connectivity index (χ0) is 25.5. The van der Waals surface area contributed by atoms with Crippen molar-refractivity contribution in [2.24, 2.45) is 0 Å². The van der Waals surface area contributed by atoms with Gasteiger partial charge < -0.3 is 19.7 Å². The van der Waals surface area contributed by atoms with Crippen LogP contribution in [0.4, 0.5) is 5.69 Å². The molecule has 0 spiro atoms. The lowest BCUT2D eigenvalue weighted by molar-refractivity contribution is -0.387. The van der Waals surface area contributed by atoms with Gasteiger partial charge in [-0.05, 0) is 30.0 Å². The minimum Gasteiger partial charge on any atom is -0.375 e. The first-order valence-corrected chi connectivity index (χ1v) is 12.7. The normalized spacial score (nSPS) is 20.5. The number of likely N-dealkylation sites (tertiary alicyclic amines) is 1. The molecule has 2 saturated heterocycles. The number of hydrogen-bond acceptors (Lipinski definition) is 7. The Labute approximate surface area is 214 Å². The molecule has 0 saturated carbocycles. The maximum Gasteiger partial charge on any atom is 0.283 e. The molecule has 2 aromatic rings. The minimum atomic E-state index is -0.453. The van der Waals surface area contributed by atoms with Gasteiger partial charge in [-0.2, -0.15) is 0 Å². The second-order valence-corrected chi connectivity index (χ2v) is 10.0. The van der Waals surface area contributed by atoms with Crippen LogP contribution in [0, 0.1) is 10.1 Å². The number of piperidine rings is 1. The zero-order valence-electron chi connectivity index (χ0n) is 19.8. The van der Waals surface area contributed by atoms with Crippen molar-refractivity contribution in [3.05, 3.63) is 76.4 Å². The second kappa shape index (κ2) is 12.2. The Morgan fingerprint density at radius 1 is 1.19 bits per heavy atom. The topological polar surface area (TPSA) is 111 Å². The van der Waals surface area contributed by atoms with Gasteiger partial charge in [-0.3, -0.25) is 19.7 Å². The van der Waals surface area contributed by atoms with Crippen LogP contribution in [0.1, 0.15) is 24.0 Å². The first-order chi connectivity index (χ1) is 17.4. The molecule has 2 heterocycles. The number of carbonyl (C=O) groups excluding carboxylic acids is 2. The van der Waals surface area contributed by atoms with Crippen LogP contribution >= 0.6 is 11.8 Å². The van der Waals surface area contributed by atoms with Crippen molar-refractivity contribution in [2.45, 2.75) is 41.7 Å². The van der Waals surface area contributed by atoms with E-state index in [-0.39, 0.29) is 34.7 Å². The number of nitrogens with zero attached hydrogens (tertiary/aromatic N) is 2. The highest BCUT2D eigenvalue weighted by Crippen LogP contribution is 2.36. The molecule has 4 rings (SSSR count). The first-order valence-electron chi connectivity index (χ1n) is 11.8. The molecular formula is C26H29N3O6S. The van der Waals surface area contributed by atoms with Crippen LogP contribution in [0.15, 0.2) is 60.0 Å². The summed E-state index contributed by atoms with van der Waals surface area (Å²) in [7, 11) is 0. The Morgan fingerprint density at radius 2 is 1.94 bits per heavy atom. The minimum absolute atomic E-state index is 0.0514. The Balaban J connectivity index is 1.41. The van der Waals surface area contributed by atoms with E-state index in [0.29, 0.717) is 62.4 Å². The number of rotatable bonds is 9. The lowest BCUT2D eigenvalue weighted by Gasteiger charge is -2.32. The molecule has 2 aromatic carbocycles. The van der Waals surface area contributed by atoms with Crippen LogP contribution in [0.2, 0.25) is 0 Å². The summed E-state index contributed by atoms with van der Waals surface area (Å²) in [4.78, 5) is 37.1. The van der Waals surface area contributed by atoms with Gasteiger partial charge in [-0.1, -0.05) is 54.7 Å². The summed E-state index contributed by atoms with van der Waals surface area (Å²) in [6, 6.07) is 14.7. The number of nitro benzene ring substituents is 1. The van der Waals surface area contributed by atoms with E-state index in [2.05, 4.69) is 11.9 Å². The molecule has 0 radical (unpaired) electrons. The standard InChI is InChI=1S/C26H29N3O6S/c1-18(26(31)28-11-9-21(10-12-28)27-17-30)20-7-8-24(23(14-20)29(32)33)36-25-16-34-15-22(35-25)13-19-5-3-2-4-6-19/h2-8,14,17,21-22,25H,1,9-13,15-16H2,(H,27,30). The third-order valence-electron chi connectivity index (χ3n) is 6.31. The quantitative estimate of drug-likeness (QED) is 0.238.